The van der Waals surface area contributed by atoms with Gasteiger partial charge in [0.25, 0.3) is 0 Å². The zero-order valence-corrected chi connectivity index (χ0v) is 13.5. The van der Waals surface area contributed by atoms with Crippen LogP contribution in [0.25, 0.3) is 0 Å². The predicted octanol–water partition coefficient (Wildman–Crippen LogP) is 0.0445. The number of rotatable bonds is 7. The van der Waals surface area contributed by atoms with Crippen LogP contribution in [0.15, 0.2) is 18.2 Å². The minimum absolute atomic E-state index is 0.106. The number of esters is 1. The van der Waals surface area contributed by atoms with Crippen LogP contribution in [0.5, 0.6) is 11.5 Å². The van der Waals surface area contributed by atoms with Gasteiger partial charge in [0.05, 0.1) is 21.3 Å². The first-order chi connectivity index (χ1) is 11.5. The van der Waals surface area contributed by atoms with Crippen molar-refractivity contribution < 1.29 is 23.8 Å². The summed E-state index contributed by atoms with van der Waals surface area (Å²) in [4.78, 5) is 24.3. The zero-order valence-electron chi connectivity index (χ0n) is 13.5. The van der Waals surface area contributed by atoms with E-state index in [0.717, 1.165) is 4.80 Å². The second kappa shape index (κ2) is 7.90. The molecule has 2 aromatic rings. The van der Waals surface area contributed by atoms with Gasteiger partial charge in [-0.1, -0.05) is 0 Å². The molecule has 0 bridgehead atoms. The smallest absolute Gasteiger partial charge is 0.313 e. The Morgan fingerprint density at radius 1 is 1.12 bits per heavy atom. The van der Waals surface area contributed by atoms with Crippen molar-refractivity contribution in [3.8, 4) is 11.5 Å². The number of tetrazole rings is 1. The number of aromatic nitrogens is 4. The highest BCUT2D eigenvalue weighted by atomic mass is 16.5. The van der Waals surface area contributed by atoms with Crippen LogP contribution in [0.1, 0.15) is 5.82 Å². The molecule has 0 spiro atoms. The number of hydrogen-bond donors (Lipinski definition) is 1. The van der Waals surface area contributed by atoms with E-state index in [4.69, 9.17) is 9.47 Å². The first-order valence-corrected chi connectivity index (χ1v) is 6.90. The summed E-state index contributed by atoms with van der Waals surface area (Å²) >= 11 is 0. The number of nitrogens with zero attached hydrogens (tertiary/aromatic N) is 4. The normalized spacial score (nSPS) is 10.1. The van der Waals surface area contributed by atoms with E-state index >= 15 is 0 Å². The molecule has 0 unspecified atom stereocenters. The Labute approximate surface area is 137 Å². The molecule has 0 aliphatic carbocycles. The molecule has 0 saturated heterocycles. The van der Waals surface area contributed by atoms with Gasteiger partial charge in [-0.3, -0.25) is 9.59 Å². The van der Waals surface area contributed by atoms with E-state index in [0.29, 0.717) is 17.2 Å². The fourth-order valence-corrected chi connectivity index (χ4v) is 1.82. The topological polar surface area (TPSA) is 117 Å². The van der Waals surface area contributed by atoms with Crippen LogP contribution in [0.3, 0.4) is 0 Å². The Morgan fingerprint density at radius 3 is 2.38 bits per heavy atom. The van der Waals surface area contributed by atoms with E-state index in [2.05, 4.69) is 25.5 Å². The lowest BCUT2D eigenvalue weighted by Gasteiger charge is -2.09. The molecule has 1 amide bonds. The molecule has 1 heterocycles. The lowest BCUT2D eigenvalue weighted by molar-refractivity contribution is -0.139. The summed E-state index contributed by atoms with van der Waals surface area (Å²) in [7, 11) is 4.30. The molecule has 128 valence electrons. The summed E-state index contributed by atoms with van der Waals surface area (Å²) in [6.45, 7) is -0.159. The molecule has 2 rings (SSSR count). The molecule has 0 aliphatic rings. The van der Waals surface area contributed by atoms with Crippen molar-refractivity contribution in [2.75, 3.05) is 26.6 Å². The Balaban J connectivity index is 1.99. The van der Waals surface area contributed by atoms with E-state index in [1.54, 1.807) is 18.2 Å². The second-order valence-corrected chi connectivity index (χ2v) is 4.64. The second-order valence-electron chi connectivity index (χ2n) is 4.64. The first kappa shape index (κ1) is 17.2. The molecule has 1 aromatic carbocycles. The van der Waals surface area contributed by atoms with Gasteiger partial charge in [-0.15, -0.1) is 10.2 Å². The standard InChI is InChI=1S/C14H17N5O5/c1-22-10-4-9(5-11(6-10)23-2)15-13(20)8-19-17-12(16-18-19)7-14(21)24-3/h4-6H,7-8H2,1-3H3,(H,15,20). The molecule has 0 atom stereocenters. The summed E-state index contributed by atoms with van der Waals surface area (Å²) in [5, 5.41) is 14.0. The summed E-state index contributed by atoms with van der Waals surface area (Å²) in [5.41, 5.74) is 0.506. The van der Waals surface area contributed by atoms with Gasteiger partial charge in [-0.2, -0.15) is 4.80 Å². The Hall–Kier alpha value is -3.17. The average Bonchev–Trinajstić information content (AvgIpc) is 3.00. The van der Waals surface area contributed by atoms with E-state index < -0.39 is 5.97 Å². The van der Waals surface area contributed by atoms with Crippen LogP contribution >= 0.6 is 0 Å². The Kier molecular flexibility index (Phi) is 5.66. The van der Waals surface area contributed by atoms with Gasteiger partial charge < -0.3 is 19.5 Å². The number of carbonyl (C=O) groups is 2. The number of carbonyl (C=O) groups excluding carboxylic acids is 2. The fourth-order valence-electron chi connectivity index (χ4n) is 1.82. The molecular weight excluding hydrogens is 318 g/mol. The van der Waals surface area contributed by atoms with E-state index in [1.165, 1.54) is 21.3 Å². The van der Waals surface area contributed by atoms with E-state index in [1.807, 2.05) is 0 Å². The number of hydrogen-bond acceptors (Lipinski definition) is 8. The SMILES string of the molecule is COC(=O)Cc1nnn(CC(=O)Nc2cc(OC)cc(OC)c2)n1. The van der Waals surface area contributed by atoms with E-state index in [-0.39, 0.29) is 24.7 Å². The van der Waals surface area contributed by atoms with Crippen molar-refractivity contribution in [3.63, 3.8) is 0 Å². The van der Waals surface area contributed by atoms with Gasteiger partial charge in [0.15, 0.2) is 5.82 Å². The number of benzene rings is 1. The number of methoxy groups -OCH3 is 3. The van der Waals surface area contributed by atoms with Crippen molar-refractivity contribution in [1.29, 1.82) is 0 Å². The third-order valence-electron chi connectivity index (χ3n) is 2.94. The van der Waals surface area contributed by atoms with Crippen molar-refractivity contribution in [3.05, 3.63) is 24.0 Å². The highest BCUT2D eigenvalue weighted by molar-refractivity contribution is 5.90. The van der Waals surface area contributed by atoms with Gasteiger partial charge in [-0.25, -0.2) is 0 Å². The fraction of sp³-hybridized carbons (Fsp3) is 0.357. The Morgan fingerprint density at radius 2 is 1.79 bits per heavy atom. The van der Waals surface area contributed by atoms with Crippen molar-refractivity contribution >= 4 is 17.6 Å². The van der Waals surface area contributed by atoms with Crippen LogP contribution in [-0.2, 0) is 27.3 Å². The van der Waals surface area contributed by atoms with Gasteiger partial charge in [-0.05, 0) is 5.21 Å². The molecule has 10 nitrogen and oxygen atoms in total. The lowest BCUT2D eigenvalue weighted by atomic mass is 10.2. The third-order valence-corrected chi connectivity index (χ3v) is 2.94. The summed E-state index contributed by atoms with van der Waals surface area (Å²) < 4.78 is 14.8. The van der Waals surface area contributed by atoms with E-state index in [9.17, 15) is 9.59 Å². The number of nitrogens with one attached hydrogen (secondary N) is 1. The van der Waals surface area contributed by atoms with Crippen LogP contribution < -0.4 is 14.8 Å². The van der Waals surface area contributed by atoms with Crippen LogP contribution in [0.4, 0.5) is 5.69 Å². The molecule has 1 N–H and O–H groups in total. The number of amides is 1. The molecule has 1 aromatic heterocycles. The van der Waals surface area contributed by atoms with Gasteiger partial charge >= 0.3 is 5.97 Å². The predicted molar refractivity (Wildman–Crippen MR) is 81.7 cm³/mol. The molecule has 0 saturated carbocycles. The maximum Gasteiger partial charge on any atom is 0.313 e. The molecular formula is C14H17N5O5. The average molecular weight is 335 g/mol. The molecule has 0 fully saturated rings. The molecule has 24 heavy (non-hydrogen) atoms. The maximum atomic E-state index is 12.1. The first-order valence-electron chi connectivity index (χ1n) is 6.90. The summed E-state index contributed by atoms with van der Waals surface area (Å²) in [6, 6.07) is 4.99. The lowest BCUT2D eigenvalue weighted by Crippen LogP contribution is -2.20. The number of ether oxygens (including phenoxy) is 3. The largest absolute Gasteiger partial charge is 0.497 e. The quantitative estimate of drug-likeness (QED) is 0.705. The number of anilines is 1. The summed E-state index contributed by atoms with van der Waals surface area (Å²) in [6.07, 6.45) is -0.106. The minimum atomic E-state index is -0.484. The monoisotopic (exact) mass is 335 g/mol. The van der Waals surface area contributed by atoms with Crippen LogP contribution in [-0.4, -0.2) is 53.4 Å². The van der Waals surface area contributed by atoms with Crippen molar-refractivity contribution in [1.82, 2.24) is 20.2 Å². The van der Waals surface area contributed by atoms with Gasteiger partial charge in [0.1, 0.15) is 24.5 Å². The van der Waals surface area contributed by atoms with Crippen molar-refractivity contribution in [2.45, 2.75) is 13.0 Å². The maximum absolute atomic E-state index is 12.1. The Bertz CT molecular complexity index is 708. The molecule has 0 radical (unpaired) electrons. The zero-order chi connectivity index (χ0) is 17.5. The van der Waals surface area contributed by atoms with Crippen LogP contribution in [0.2, 0.25) is 0 Å². The minimum Gasteiger partial charge on any atom is -0.497 e. The third kappa shape index (κ3) is 4.66. The highest BCUT2D eigenvalue weighted by Crippen LogP contribution is 2.25. The van der Waals surface area contributed by atoms with Gasteiger partial charge in [0, 0.05) is 23.9 Å². The highest BCUT2D eigenvalue weighted by Gasteiger charge is 2.12. The van der Waals surface area contributed by atoms with Gasteiger partial charge in [0.2, 0.25) is 5.91 Å². The summed E-state index contributed by atoms with van der Waals surface area (Å²) in [5.74, 6) is 0.417. The van der Waals surface area contributed by atoms with Crippen molar-refractivity contribution in [2.24, 2.45) is 0 Å². The molecule has 0 aliphatic heterocycles. The van der Waals surface area contributed by atoms with Crippen LogP contribution in [0, 0.1) is 0 Å². The molecule has 10 heteroatoms.